The van der Waals surface area contributed by atoms with Crippen LogP contribution in [0.15, 0.2) is 18.2 Å². The van der Waals surface area contributed by atoms with Gasteiger partial charge in [-0.25, -0.2) is 0 Å². The van der Waals surface area contributed by atoms with Crippen LogP contribution in [0.1, 0.15) is 17.3 Å². The van der Waals surface area contributed by atoms with E-state index in [1.807, 2.05) is 6.92 Å². The summed E-state index contributed by atoms with van der Waals surface area (Å²) in [5.74, 6) is -0.0502. The molecule has 1 amide bonds. The van der Waals surface area contributed by atoms with Crippen molar-refractivity contribution in [3.05, 3.63) is 33.9 Å². The van der Waals surface area contributed by atoms with Crippen molar-refractivity contribution in [2.45, 2.75) is 6.92 Å². The summed E-state index contributed by atoms with van der Waals surface area (Å²) < 4.78 is 5.01. The summed E-state index contributed by atoms with van der Waals surface area (Å²) in [4.78, 5) is 24.1. The molecule has 0 aliphatic rings. The molecule has 1 aromatic carbocycles. The number of rotatable bonds is 6. The molecule has 0 aromatic heterocycles. The first-order chi connectivity index (χ1) is 9.06. The Morgan fingerprint density at radius 2 is 2.21 bits per heavy atom. The van der Waals surface area contributed by atoms with Crippen LogP contribution in [0.25, 0.3) is 0 Å². The largest absolute Gasteiger partial charge is 0.490 e. The third-order valence-corrected chi connectivity index (χ3v) is 2.82. The molecule has 0 unspecified atom stereocenters. The fourth-order valence-electron chi connectivity index (χ4n) is 1.73. The highest BCUT2D eigenvalue weighted by Gasteiger charge is 2.24. The molecule has 1 rings (SSSR count). The van der Waals surface area contributed by atoms with Gasteiger partial charge in [0.05, 0.1) is 17.6 Å². The smallest absolute Gasteiger partial charge is 0.311 e. The third-order valence-electron chi connectivity index (χ3n) is 2.65. The summed E-state index contributed by atoms with van der Waals surface area (Å²) in [6, 6.07) is 4.26. The second-order valence-electron chi connectivity index (χ2n) is 3.69. The zero-order valence-electron chi connectivity index (χ0n) is 10.8. The number of hydrogen-bond acceptors (Lipinski definition) is 4. The molecular formula is C12H15ClN2O4. The number of amides is 1. The molecule has 0 N–H and O–H groups in total. The van der Waals surface area contributed by atoms with Crippen LogP contribution in [0.3, 0.4) is 0 Å². The number of nitro groups is 1. The summed E-state index contributed by atoms with van der Waals surface area (Å²) in [5.41, 5.74) is -0.0565. The minimum Gasteiger partial charge on any atom is -0.490 e. The van der Waals surface area contributed by atoms with Crippen LogP contribution in [0.2, 0.25) is 0 Å². The van der Waals surface area contributed by atoms with Gasteiger partial charge in [0.15, 0.2) is 0 Å². The highest BCUT2D eigenvalue weighted by atomic mass is 35.5. The quantitative estimate of drug-likeness (QED) is 0.457. The number of nitro benzene ring substituents is 1. The number of ether oxygens (including phenoxy) is 1. The standard InChI is InChI=1S/C12H15ClN2O4/c1-3-14(8-7-13)12(16)9-5-4-6-10(15(17)18)11(9)19-2/h4-6H,3,7-8H2,1-2H3. The SMILES string of the molecule is CCN(CCCl)C(=O)c1cccc([N+](=O)[O-])c1OC. The van der Waals surface area contributed by atoms with Gasteiger partial charge in [-0.2, -0.15) is 0 Å². The molecule has 104 valence electrons. The Hall–Kier alpha value is -1.82. The average molecular weight is 287 g/mol. The van der Waals surface area contributed by atoms with Gasteiger partial charge < -0.3 is 9.64 Å². The van der Waals surface area contributed by atoms with E-state index in [0.717, 1.165) is 0 Å². The monoisotopic (exact) mass is 286 g/mol. The lowest BCUT2D eigenvalue weighted by atomic mass is 10.1. The van der Waals surface area contributed by atoms with E-state index in [4.69, 9.17) is 16.3 Å². The summed E-state index contributed by atoms with van der Waals surface area (Å²) in [5, 5.41) is 10.9. The number of alkyl halides is 1. The van der Waals surface area contributed by atoms with Gasteiger partial charge in [0, 0.05) is 25.0 Å². The van der Waals surface area contributed by atoms with E-state index >= 15 is 0 Å². The molecule has 0 bridgehead atoms. The maximum absolute atomic E-state index is 12.3. The number of halogens is 1. The van der Waals surface area contributed by atoms with Crippen LogP contribution >= 0.6 is 11.6 Å². The zero-order chi connectivity index (χ0) is 14.4. The molecule has 0 atom stereocenters. The summed E-state index contributed by atoms with van der Waals surface area (Å²) >= 11 is 5.63. The van der Waals surface area contributed by atoms with Gasteiger partial charge in [0.2, 0.25) is 5.75 Å². The molecule has 0 aliphatic carbocycles. The predicted molar refractivity (Wildman–Crippen MR) is 71.9 cm³/mol. The Balaban J connectivity index is 3.22. The Morgan fingerprint density at radius 3 is 2.68 bits per heavy atom. The normalized spacial score (nSPS) is 10.1. The Labute approximate surface area is 116 Å². The first-order valence-corrected chi connectivity index (χ1v) is 6.26. The van der Waals surface area contributed by atoms with Crippen molar-refractivity contribution in [1.82, 2.24) is 4.90 Å². The van der Waals surface area contributed by atoms with E-state index in [2.05, 4.69) is 0 Å². The van der Waals surface area contributed by atoms with E-state index < -0.39 is 4.92 Å². The van der Waals surface area contributed by atoms with E-state index in [0.29, 0.717) is 19.0 Å². The molecule has 0 saturated heterocycles. The van der Waals surface area contributed by atoms with Gasteiger partial charge in [0.1, 0.15) is 0 Å². The van der Waals surface area contributed by atoms with E-state index in [-0.39, 0.29) is 22.9 Å². The number of methoxy groups -OCH3 is 1. The van der Waals surface area contributed by atoms with E-state index in [1.165, 1.54) is 30.2 Å². The van der Waals surface area contributed by atoms with Gasteiger partial charge in [0.25, 0.3) is 5.91 Å². The van der Waals surface area contributed by atoms with Crippen molar-refractivity contribution < 1.29 is 14.5 Å². The Kier molecular flexibility index (Phi) is 5.57. The number of carbonyl (C=O) groups is 1. The summed E-state index contributed by atoms with van der Waals surface area (Å²) in [7, 11) is 1.30. The van der Waals surface area contributed by atoms with Crippen molar-refractivity contribution >= 4 is 23.2 Å². The van der Waals surface area contributed by atoms with E-state index in [1.54, 1.807) is 0 Å². The number of para-hydroxylation sites is 1. The van der Waals surface area contributed by atoms with Crippen molar-refractivity contribution in [1.29, 1.82) is 0 Å². The van der Waals surface area contributed by atoms with Crippen molar-refractivity contribution in [3.63, 3.8) is 0 Å². The molecule has 0 heterocycles. The van der Waals surface area contributed by atoms with Crippen molar-refractivity contribution in [3.8, 4) is 5.75 Å². The Morgan fingerprint density at radius 1 is 1.53 bits per heavy atom. The van der Waals surface area contributed by atoms with Crippen molar-refractivity contribution in [2.24, 2.45) is 0 Å². The van der Waals surface area contributed by atoms with Crippen LogP contribution < -0.4 is 4.74 Å². The molecule has 6 nitrogen and oxygen atoms in total. The topological polar surface area (TPSA) is 72.7 Å². The van der Waals surface area contributed by atoms with Gasteiger partial charge in [-0.15, -0.1) is 11.6 Å². The van der Waals surface area contributed by atoms with Crippen LogP contribution in [-0.4, -0.2) is 41.8 Å². The number of nitrogens with zero attached hydrogens (tertiary/aromatic N) is 2. The molecule has 0 saturated carbocycles. The predicted octanol–water partition coefficient (Wildman–Crippen LogP) is 2.30. The van der Waals surface area contributed by atoms with E-state index in [9.17, 15) is 14.9 Å². The molecule has 7 heteroatoms. The maximum atomic E-state index is 12.3. The second kappa shape index (κ2) is 6.94. The minimum absolute atomic E-state index is 0.0227. The highest BCUT2D eigenvalue weighted by molar-refractivity contribution is 6.18. The van der Waals surface area contributed by atoms with Gasteiger partial charge in [-0.05, 0) is 13.0 Å². The molecule has 0 spiro atoms. The molecule has 0 fully saturated rings. The fourth-order valence-corrected chi connectivity index (χ4v) is 1.93. The van der Waals surface area contributed by atoms with Gasteiger partial charge in [-0.3, -0.25) is 14.9 Å². The molecule has 19 heavy (non-hydrogen) atoms. The highest BCUT2D eigenvalue weighted by Crippen LogP contribution is 2.31. The van der Waals surface area contributed by atoms with Crippen LogP contribution in [0, 0.1) is 10.1 Å². The maximum Gasteiger partial charge on any atom is 0.311 e. The zero-order valence-corrected chi connectivity index (χ0v) is 11.5. The summed E-state index contributed by atoms with van der Waals surface area (Å²) in [6.07, 6.45) is 0. The molecule has 0 aliphatic heterocycles. The minimum atomic E-state index is -0.576. The molecular weight excluding hydrogens is 272 g/mol. The van der Waals surface area contributed by atoms with Crippen LogP contribution in [0.5, 0.6) is 5.75 Å². The first-order valence-electron chi connectivity index (χ1n) is 5.73. The lowest BCUT2D eigenvalue weighted by molar-refractivity contribution is -0.385. The lowest BCUT2D eigenvalue weighted by Gasteiger charge is -2.20. The summed E-state index contributed by atoms with van der Waals surface area (Å²) in [6.45, 7) is 2.66. The first kappa shape index (κ1) is 15.2. The van der Waals surface area contributed by atoms with Crippen molar-refractivity contribution in [2.75, 3.05) is 26.1 Å². The lowest BCUT2D eigenvalue weighted by Crippen LogP contribution is -2.32. The number of benzene rings is 1. The number of hydrogen-bond donors (Lipinski definition) is 0. The third kappa shape index (κ3) is 3.35. The van der Waals surface area contributed by atoms with Crippen LogP contribution in [-0.2, 0) is 0 Å². The average Bonchev–Trinajstić information content (AvgIpc) is 2.42. The Bertz CT molecular complexity index is 479. The molecule has 1 aromatic rings. The molecule has 0 radical (unpaired) electrons. The van der Waals surface area contributed by atoms with Gasteiger partial charge >= 0.3 is 5.69 Å². The van der Waals surface area contributed by atoms with Crippen LogP contribution in [0.4, 0.5) is 5.69 Å². The number of carbonyl (C=O) groups excluding carboxylic acids is 1. The fraction of sp³-hybridized carbons (Fsp3) is 0.417. The van der Waals surface area contributed by atoms with Gasteiger partial charge in [-0.1, -0.05) is 6.07 Å². The second-order valence-corrected chi connectivity index (χ2v) is 4.07.